The number of benzene rings is 6. The smallest absolute Gasteiger partial charge is 0.188 e. The second kappa shape index (κ2) is 41.8. The summed E-state index contributed by atoms with van der Waals surface area (Å²) in [5, 5.41) is 50.9. The molecule has 89 heavy (non-hydrogen) atoms. The number of rotatable bonds is 23. The maximum absolute atomic E-state index is 14.4. The number of aliphatic hydroxyl groups excluding tert-OH is 6. The normalized spacial score (nSPS) is 13.5. The molecule has 3 atom stereocenters. The van der Waals surface area contributed by atoms with E-state index in [9.17, 15) is 64.1 Å². The number of ketones is 3. The molecule has 6 aromatic rings. The van der Waals surface area contributed by atoms with Crippen molar-refractivity contribution in [2.24, 2.45) is 0 Å². The first-order chi connectivity index (χ1) is 41.1. The predicted octanol–water partition coefficient (Wildman–Crippen LogP) is 11.6. The van der Waals surface area contributed by atoms with Crippen molar-refractivity contribution in [3.8, 4) is 0 Å². The maximum Gasteiger partial charge on any atom is 0.188 e. The molecule has 0 bridgehead atoms. The lowest BCUT2D eigenvalue weighted by Gasteiger charge is -2.17. The van der Waals surface area contributed by atoms with Crippen molar-refractivity contribution in [2.45, 2.75) is 85.9 Å². The number of ether oxygens (including phenoxy) is 5. The van der Waals surface area contributed by atoms with E-state index in [1.165, 1.54) is 42.5 Å². The van der Waals surface area contributed by atoms with Crippen LogP contribution in [0.3, 0.4) is 0 Å². The maximum atomic E-state index is 14.4. The van der Waals surface area contributed by atoms with E-state index in [1.807, 2.05) is 67.8 Å². The van der Waals surface area contributed by atoms with Crippen LogP contribution in [-0.2, 0) is 42.9 Å². The van der Waals surface area contributed by atoms with Gasteiger partial charge in [0.1, 0.15) is 55.6 Å². The van der Waals surface area contributed by atoms with Crippen molar-refractivity contribution >= 4 is 85.1 Å². The number of carbonyl (C=O) groups excluding carboxylic acids is 3. The van der Waals surface area contributed by atoms with Crippen molar-refractivity contribution in [1.29, 1.82) is 0 Å². The molecule has 0 unspecified atom stereocenters. The first kappa shape index (κ1) is 82.5. The van der Waals surface area contributed by atoms with Gasteiger partial charge in [-0.05, 0) is 185 Å². The third-order valence-corrected chi connectivity index (χ3v) is 13.8. The number of Topliss-reactive ketones (excluding diaryl/α,β-unsaturated/α-hetero) is 3. The van der Waals surface area contributed by atoms with Crippen LogP contribution >= 0.6 is 67.8 Å². The van der Waals surface area contributed by atoms with Gasteiger partial charge in [-0.15, -0.1) is 0 Å². The van der Waals surface area contributed by atoms with Crippen molar-refractivity contribution in [3.63, 3.8) is 0 Å². The van der Waals surface area contributed by atoms with Gasteiger partial charge in [0.2, 0.25) is 0 Å². The summed E-state index contributed by atoms with van der Waals surface area (Å²) in [6, 6.07) is 19.1. The Morgan fingerprint density at radius 1 is 0.506 bits per heavy atom. The number of aliphatic hydroxyl groups is 6. The number of hydrogen-bond acceptors (Lipinski definition) is 14. The molecule has 14 nitrogen and oxygen atoms in total. The summed E-state index contributed by atoms with van der Waals surface area (Å²) >= 11 is 5.80. The van der Waals surface area contributed by atoms with Crippen molar-refractivity contribution < 1.29 is 108 Å². The standard InChI is InChI=1S/C21H20F3IO4.2C18H16F3IO4.2C2H6O.2CH4/c1-21(2)28-10-14(29-21)9-27-11-19(26)15-5-6-17(22)20(24)16(15)7-12-3-4-13(25)8-18(12)23;2*19-15-4-3-13(17(25)9-26-8-12(24)7-23)14(18(15)21)5-10-1-2-11(22)6-16(10)20;2*1-2-3;;/h3-6,8,14H,7,9-11H2,1-2H3;2*1-4,6,12,23-24H,5,7-9H2;2*3H,2H2,1H3;2*1H4/t14-;2*12-;;;;/m011..../s1. The molecule has 1 saturated heterocycles. The molecule has 1 heterocycles. The highest BCUT2D eigenvalue weighted by Gasteiger charge is 2.33. The minimum atomic E-state index is -1.22. The fourth-order valence-corrected chi connectivity index (χ4v) is 9.05. The van der Waals surface area contributed by atoms with E-state index >= 15 is 0 Å². The molecular weight excluding hydrogens is 1530 g/mol. The van der Waals surface area contributed by atoms with Gasteiger partial charge in [-0.2, -0.15) is 0 Å². The van der Waals surface area contributed by atoms with E-state index < -0.39 is 114 Å². The monoisotopic (exact) mass is 1600 g/mol. The minimum absolute atomic E-state index is 0. The molecule has 1 aliphatic rings. The summed E-state index contributed by atoms with van der Waals surface area (Å²) in [6.07, 6.45) is -3.45. The van der Waals surface area contributed by atoms with E-state index in [0.717, 1.165) is 30.3 Å². The zero-order valence-electron chi connectivity index (χ0n) is 47.3. The third-order valence-electron chi connectivity index (χ3n) is 11.7. The Kier molecular flexibility index (Phi) is 38.8. The number of hydrogen-bond donors (Lipinski definition) is 6. The summed E-state index contributed by atoms with van der Waals surface area (Å²) in [7, 11) is 0. The van der Waals surface area contributed by atoms with Crippen LogP contribution in [-0.4, -0.2) is 145 Å². The Hall–Kier alpha value is -4.55. The van der Waals surface area contributed by atoms with Gasteiger partial charge in [-0.3, -0.25) is 14.4 Å². The Balaban J connectivity index is 0.000000632. The molecule has 6 N–H and O–H groups in total. The number of halogens is 12. The molecule has 0 aliphatic carbocycles. The lowest BCUT2D eigenvalue weighted by molar-refractivity contribution is -0.144. The predicted molar refractivity (Wildman–Crippen MR) is 340 cm³/mol. The van der Waals surface area contributed by atoms with Crippen LogP contribution < -0.4 is 0 Å². The minimum Gasteiger partial charge on any atom is -0.397 e. The molecule has 1 fully saturated rings. The molecule has 492 valence electrons. The SMILES string of the molecule is C.C.CC1(C)OC[C@H](COCC(=O)c2ccc(F)c(F)c2Cc2ccc(I)cc2F)O1.CCO.CCO.O=C(COC[C@H](O)CO)c1ccc(F)c(F)c1Cc1ccc(I)cc1F.O=C(COC[C@H](O)CO)c1ccc(F)c(F)c1Cc1ccc(I)cc1F. The van der Waals surface area contributed by atoms with Gasteiger partial charge in [-0.1, -0.05) is 33.1 Å². The third kappa shape index (κ3) is 27.3. The first-order valence-corrected chi connectivity index (χ1v) is 29.6. The Labute approximate surface area is 552 Å². The molecule has 0 spiro atoms. The largest absolute Gasteiger partial charge is 0.397 e. The van der Waals surface area contributed by atoms with Crippen LogP contribution in [0.5, 0.6) is 0 Å². The second-order valence-corrected chi connectivity index (χ2v) is 22.7. The average molecular weight is 1600 g/mol. The van der Waals surface area contributed by atoms with Gasteiger partial charge in [0, 0.05) is 76.6 Å². The van der Waals surface area contributed by atoms with Crippen LogP contribution in [0.15, 0.2) is 91.0 Å². The molecule has 1 aliphatic heterocycles. The Morgan fingerprint density at radius 2 is 0.798 bits per heavy atom. The fraction of sp³-hybridized carbons (Fsp3) is 0.381. The second-order valence-electron chi connectivity index (χ2n) is 19.0. The van der Waals surface area contributed by atoms with Gasteiger partial charge < -0.3 is 54.3 Å². The van der Waals surface area contributed by atoms with Crippen LogP contribution in [0, 0.1) is 63.1 Å². The quantitative estimate of drug-likeness (QED) is 0.0200. The van der Waals surface area contributed by atoms with Crippen molar-refractivity contribution in [3.05, 3.63) is 204 Å². The van der Waals surface area contributed by atoms with Crippen molar-refractivity contribution in [2.75, 3.05) is 72.7 Å². The van der Waals surface area contributed by atoms with Crippen LogP contribution in [0.4, 0.5) is 39.5 Å². The van der Waals surface area contributed by atoms with Crippen molar-refractivity contribution in [1.82, 2.24) is 0 Å². The fourth-order valence-electron chi connectivity index (χ4n) is 7.69. The lowest BCUT2D eigenvalue weighted by Crippen LogP contribution is -2.25. The van der Waals surface area contributed by atoms with E-state index in [-0.39, 0.29) is 130 Å². The highest BCUT2D eigenvalue weighted by molar-refractivity contribution is 14.1. The molecule has 7 rings (SSSR count). The summed E-state index contributed by atoms with van der Waals surface area (Å²) in [6.45, 7) is 4.91. The first-order valence-electron chi connectivity index (χ1n) is 26.3. The molecule has 0 amide bonds. The zero-order chi connectivity index (χ0) is 65.1. The van der Waals surface area contributed by atoms with E-state index in [1.54, 1.807) is 45.9 Å². The van der Waals surface area contributed by atoms with E-state index in [2.05, 4.69) is 0 Å². The van der Waals surface area contributed by atoms with E-state index in [0.29, 0.717) is 17.3 Å². The zero-order valence-corrected chi connectivity index (χ0v) is 53.7. The number of carbonyl (C=O) groups is 3. The molecule has 0 aromatic heterocycles. The molecular formula is C63H72F9I3O14. The molecule has 6 aromatic carbocycles. The Bertz CT molecular complexity index is 3080. The van der Waals surface area contributed by atoms with Gasteiger partial charge in [0.15, 0.2) is 58.0 Å². The summed E-state index contributed by atoms with van der Waals surface area (Å²) in [4.78, 5) is 37.1. The van der Waals surface area contributed by atoms with Gasteiger partial charge in [0.05, 0.1) is 39.6 Å². The van der Waals surface area contributed by atoms with Crippen LogP contribution in [0.25, 0.3) is 0 Å². The molecule has 26 heteroatoms. The van der Waals surface area contributed by atoms with E-state index in [4.69, 9.17) is 44.1 Å². The topological polar surface area (TPSA) is 219 Å². The van der Waals surface area contributed by atoms with Crippen LogP contribution in [0.1, 0.15) is 107 Å². The highest BCUT2D eigenvalue weighted by Crippen LogP contribution is 2.28. The Morgan fingerprint density at radius 3 is 1.06 bits per heavy atom. The molecule has 0 saturated carbocycles. The molecule has 0 radical (unpaired) electrons. The van der Waals surface area contributed by atoms with Crippen LogP contribution in [0.2, 0.25) is 0 Å². The van der Waals surface area contributed by atoms with Gasteiger partial charge in [-0.25, -0.2) is 39.5 Å². The summed E-state index contributed by atoms with van der Waals surface area (Å²) < 4.78 is 155. The summed E-state index contributed by atoms with van der Waals surface area (Å²) in [5.41, 5.74) is -0.584. The average Bonchev–Trinajstić information content (AvgIpc) is 1.72. The summed E-state index contributed by atoms with van der Waals surface area (Å²) in [5.74, 6) is -11.2. The highest BCUT2D eigenvalue weighted by atomic mass is 127. The van der Waals surface area contributed by atoms with Gasteiger partial charge in [0.25, 0.3) is 0 Å². The van der Waals surface area contributed by atoms with Gasteiger partial charge >= 0.3 is 0 Å². The lowest BCUT2D eigenvalue weighted by atomic mass is 9.96.